The van der Waals surface area contributed by atoms with Gasteiger partial charge in [-0.05, 0) is 24.5 Å². The molecule has 1 unspecified atom stereocenters. The summed E-state index contributed by atoms with van der Waals surface area (Å²) < 4.78 is 4.65. The molecular formula is C14H17ClN2O5. The third-order valence-corrected chi connectivity index (χ3v) is 3.22. The number of nitro benzene ring substituents is 1. The van der Waals surface area contributed by atoms with Crippen molar-refractivity contribution in [3.8, 4) is 0 Å². The molecule has 0 saturated carbocycles. The topological polar surface area (TPSA) is 98.5 Å². The summed E-state index contributed by atoms with van der Waals surface area (Å²) in [4.78, 5) is 34.0. The normalized spacial score (nSPS) is 11.9. The average molecular weight is 329 g/mol. The van der Waals surface area contributed by atoms with Gasteiger partial charge in [0.1, 0.15) is 11.1 Å². The van der Waals surface area contributed by atoms with Crippen LogP contribution < -0.4 is 5.32 Å². The number of nitrogens with zero attached hydrogens (tertiary/aromatic N) is 1. The molecule has 1 aromatic rings. The molecule has 0 fully saturated rings. The molecule has 1 atom stereocenters. The van der Waals surface area contributed by atoms with E-state index in [-0.39, 0.29) is 22.2 Å². The van der Waals surface area contributed by atoms with Crippen molar-refractivity contribution in [1.82, 2.24) is 5.32 Å². The number of methoxy groups -OCH3 is 1. The van der Waals surface area contributed by atoms with Gasteiger partial charge in [-0.2, -0.15) is 0 Å². The zero-order chi connectivity index (χ0) is 16.9. The number of rotatable bonds is 6. The van der Waals surface area contributed by atoms with Crippen LogP contribution in [0.4, 0.5) is 5.69 Å². The summed E-state index contributed by atoms with van der Waals surface area (Å²) in [6.45, 7) is 3.80. The molecule has 0 saturated heterocycles. The highest BCUT2D eigenvalue weighted by Gasteiger charge is 2.24. The number of hydrogen-bond acceptors (Lipinski definition) is 5. The third kappa shape index (κ3) is 4.70. The van der Waals surface area contributed by atoms with Gasteiger partial charge >= 0.3 is 5.97 Å². The summed E-state index contributed by atoms with van der Waals surface area (Å²) in [5.74, 6) is -1.01. The largest absolute Gasteiger partial charge is 0.467 e. The fourth-order valence-corrected chi connectivity index (χ4v) is 2.05. The predicted molar refractivity (Wildman–Crippen MR) is 80.8 cm³/mol. The highest BCUT2D eigenvalue weighted by Crippen LogP contribution is 2.25. The highest BCUT2D eigenvalue weighted by molar-refractivity contribution is 6.32. The molecule has 0 bridgehead atoms. The molecule has 0 aromatic heterocycles. The van der Waals surface area contributed by atoms with Crippen molar-refractivity contribution in [2.24, 2.45) is 5.92 Å². The number of hydrogen-bond donors (Lipinski definition) is 1. The van der Waals surface area contributed by atoms with E-state index < -0.39 is 22.8 Å². The maximum absolute atomic E-state index is 12.2. The number of ether oxygens (including phenoxy) is 1. The second-order valence-corrected chi connectivity index (χ2v) is 5.51. The molecule has 0 heterocycles. The van der Waals surface area contributed by atoms with Crippen molar-refractivity contribution < 1.29 is 19.2 Å². The van der Waals surface area contributed by atoms with Gasteiger partial charge in [-0.25, -0.2) is 4.79 Å². The molecule has 8 heteroatoms. The van der Waals surface area contributed by atoms with Gasteiger partial charge in [0.15, 0.2) is 0 Å². The quantitative estimate of drug-likeness (QED) is 0.491. The van der Waals surface area contributed by atoms with Crippen LogP contribution in [0, 0.1) is 16.0 Å². The molecule has 1 amide bonds. The first-order chi connectivity index (χ1) is 10.3. The van der Waals surface area contributed by atoms with Crippen LogP contribution in [0.1, 0.15) is 30.6 Å². The summed E-state index contributed by atoms with van der Waals surface area (Å²) in [6.07, 6.45) is 0.397. The van der Waals surface area contributed by atoms with E-state index in [4.69, 9.17) is 11.6 Å². The van der Waals surface area contributed by atoms with Crippen molar-refractivity contribution in [3.05, 3.63) is 38.9 Å². The van der Waals surface area contributed by atoms with Crippen molar-refractivity contribution in [2.45, 2.75) is 26.3 Å². The Morgan fingerprint density at radius 3 is 2.55 bits per heavy atom. The van der Waals surface area contributed by atoms with Gasteiger partial charge in [0.05, 0.1) is 12.0 Å². The summed E-state index contributed by atoms with van der Waals surface area (Å²) in [6, 6.07) is 2.88. The minimum Gasteiger partial charge on any atom is -0.467 e. The van der Waals surface area contributed by atoms with E-state index in [2.05, 4.69) is 10.1 Å². The first-order valence-electron chi connectivity index (χ1n) is 6.58. The molecule has 7 nitrogen and oxygen atoms in total. The Labute approximate surface area is 132 Å². The molecule has 1 N–H and O–H groups in total. The van der Waals surface area contributed by atoms with Crippen LogP contribution in [0.25, 0.3) is 0 Å². The van der Waals surface area contributed by atoms with Crippen molar-refractivity contribution in [2.75, 3.05) is 7.11 Å². The van der Waals surface area contributed by atoms with E-state index in [1.165, 1.54) is 19.2 Å². The van der Waals surface area contributed by atoms with Gasteiger partial charge in [0, 0.05) is 11.6 Å². The van der Waals surface area contributed by atoms with E-state index in [1.54, 1.807) is 0 Å². The van der Waals surface area contributed by atoms with Gasteiger partial charge < -0.3 is 10.1 Å². The monoisotopic (exact) mass is 328 g/mol. The Morgan fingerprint density at radius 2 is 2.05 bits per heavy atom. The van der Waals surface area contributed by atoms with Crippen LogP contribution in [-0.4, -0.2) is 30.0 Å². The van der Waals surface area contributed by atoms with Gasteiger partial charge in [-0.15, -0.1) is 0 Å². The second kappa shape index (κ2) is 7.74. The fourth-order valence-electron chi connectivity index (χ4n) is 1.86. The number of nitrogens with one attached hydrogen (secondary N) is 1. The number of amides is 1. The first kappa shape index (κ1) is 17.9. The average Bonchev–Trinajstić information content (AvgIpc) is 2.45. The molecule has 1 rings (SSSR count). The Morgan fingerprint density at radius 1 is 1.41 bits per heavy atom. The summed E-state index contributed by atoms with van der Waals surface area (Å²) >= 11 is 5.70. The minimum atomic E-state index is -0.813. The maximum Gasteiger partial charge on any atom is 0.328 e. The van der Waals surface area contributed by atoms with Crippen molar-refractivity contribution in [3.63, 3.8) is 0 Å². The number of nitro groups is 1. The molecule has 1 aromatic carbocycles. The lowest BCUT2D eigenvalue weighted by Crippen LogP contribution is -2.42. The zero-order valence-electron chi connectivity index (χ0n) is 12.5. The Kier molecular flexibility index (Phi) is 6.30. The summed E-state index contributed by atoms with van der Waals surface area (Å²) in [7, 11) is 1.23. The molecule has 120 valence electrons. The second-order valence-electron chi connectivity index (χ2n) is 5.10. The number of esters is 1. The Hall–Kier alpha value is -2.15. The van der Waals surface area contributed by atoms with Gasteiger partial charge in [0.25, 0.3) is 11.6 Å². The smallest absolute Gasteiger partial charge is 0.328 e. The molecule has 0 radical (unpaired) electrons. The summed E-state index contributed by atoms with van der Waals surface area (Å²) in [5, 5.41) is 13.3. The molecule has 22 heavy (non-hydrogen) atoms. The minimum absolute atomic E-state index is 0.0498. The Bertz CT molecular complexity index is 589. The Balaban J connectivity index is 2.97. The van der Waals surface area contributed by atoms with E-state index >= 15 is 0 Å². The van der Waals surface area contributed by atoms with Crippen LogP contribution in [0.2, 0.25) is 5.02 Å². The number of carbonyl (C=O) groups is 2. The lowest BCUT2D eigenvalue weighted by Gasteiger charge is -2.18. The highest BCUT2D eigenvalue weighted by atomic mass is 35.5. The van der Waals surface area contributed by atoms with Crippen LogP contribution in [0.15, 0.2) is 18.2 Å². The summed E-state index contributed by atoms with van der Waals surface area (Å²) in [5.41, 5.74) is -0.318. The van der Waals surface area contributed by atoms with Gasteiger partial charge in [0.2, 0.25) is 0 Å². The SMILES string of the molecule is COC(=O)C(CC(C)C)NC(=O)c1ccc(Cl)c([N+](=O)[O-])c1. The number of benzene rings is 1. The van der Waals surface area contributed by atoms with Crippen LogP contribution in [0.5, 0.6) is 0 Å². The fraction of sp³-hybridized carbons (Fsp3) is 0.429. The third-order valence-electron chi connectivity index (χ3n) is 2.90. The van der Waals surface area contributed by atoms with E-state index in [1.807, 2.05) is 13.8 Å². The number of halogens is 1. The molecular weight excluding hydrogens is 312 g/mol. The van der Waals surface area contributed by atoms with Crippen molar-refractivity contribution >= 4 is 29.2 Å². The van der Waals surface area contributed by atoms with E-state index in [0.717, 1.165) is 6.07 Å². The van der Waals surface area contributed by atoms with Crippen LogP contribution in [0.3, 0.4) is 0 Å². The van der Waals surface area contributed by atoms with Gasteiger partial charge in [-0.1, -0.05) is 25.4 Å². The number of carbonyl (C=O) groups excluding carboxylic acids is 2. The van der Waals surface area contributed by atoms with E-state index in [0.29, 0.717) is 6.42 Å². The molecule has 0 aliphatic rings. The van der Waals surface area contributed by atoms with Crippen LogP contribution in [-0.2, 0) is 9.53 Å². The van der Waals surface area contributed by atoms with Gasteiger partial charge in [-0.3, -0.25) is 14.9 Å². The lowest BCUT2D eigenvalue weighted by molar-refractivity contribution is -0.384. The lowest BCUT2D eigenvalue weighted by atomic mass is 10.0. The van der Waals surface area contributed by atoms with E-state index in [9.17, 15) is 19.7 Å². The molecule has 0 aliphatic carbocycles. The molecule has 0 aliphatic heterocycles. The van der Waals surface area contributed by atoms with Crippen molar-refractivity contribution in [1.29, 1.82) is 0 Å². The maximum atomic E-state index is 12.2. The first-order valence-corrected chi connectivity index (χ1v) is 6.96. The standard InChI is InChI=1S/C14H17ClN2O5/c1-8(2)6-11(14(19)22-3)16-13(18)9-4-5-10(15)12(7-9)17(20)21/h4-5,7-8,11H,6H2,1-3H3,(H,16,18). The molecule has 0 spiro atoms. The zero-order valence-corrected chi connectivity index (χ0v) is 13.2. The van der Waals surface area contributed by atoms with Crippen LogP contribution >= 0.6 is 11.6 Å². The predicted octanol–water partition coefficient (Wildman–Crippen LogP) is 2.57.